The minimum absolute atomic E-state index is 0.188. The summed E-state index contributed by atoms with van der Waals surface area (Å²) >= 11 is 0. The third-order valence-corrected chi connectivity index (χ3v) is 3.49. The van der Waals surface area contributed by atoms with E-state index in [1.165, 1.54) is 0 Å². The molecule has 0 bridgehead atoms. The van der Waals surface area contributed by atoms with Crippen molar-refractivity contribution in [2.45, 2.75) is 45.8 Å². The maximum absolute atomic E-state index is 5.62. The fraction of sp³-hybridized carbons (Fsp3) is 0.500. The molecule has 5 heteroatoms. The van der Waals surface area contributed by atoms with E-state index < -0.39 is 0 Å². The second kappa shape index (κ2) is 7.78. The predicted octanol–water partition coefficient (Wildman–Crippen LogP) is 3.14. The smallest absolute Gasteiger partial charge is 0.231 e. The van der Waals surface area contributed by atoms with E-state index in [-0.39, 0.29) is 5.92 Å². The molecule has 0 fully saturated rings. The van der Waals surface area contributed by atoms with Crippen molar-refractivity contribution in [2.24, 2.45) is 0 Å². The van der Waals surface area contributed by atoms with Gasteiger partial charge in [0.2, 0.25) is 11.7 Å². The minimum atomic E-state index is 0.188. The summed E-state index contributed by atoms with van der Waals surface area (Å²) < 4.78 is 11.0. The second-order valence-corrected chi connectivity index (χ2v) is 5.01. The molecule has 114 valence electrons. The van der Waals surface area contributed by atoms with Crippen molar-refractivity contribution in [3.63, 3.8) is 0 Å². The maximum Gasteiger partial charge on any atom is 0.231 e. The Hall–Kier alpha value is -1.88. The standard InChI is InChI=1S/C16H23N3O2/c1-4-14(17-5-2)12(3)16-18-15(19-21-16)11-20-13-9-7-6-8-10-13/h6-10,12,14,17H,4-5,11H2,1-3H3. The van der Waals surface area contributed by atoms with Crippen LogP contribution < -0.4 is 10.1 Å². The molecule has 0 saturated carbocycles. The number of likely N-dealkylation sites (N-methyl/N-ethyl adjacent to an activating group) is 1. The van der Waals surface area contributed by atoms with Crippen molar-refractivity contribution in [3.8, 4) is 5.75 Å². The van der Waals surface area contributed by atoms with Crippen molar-refractivity contribution in [1.29, 1.82) is 0 Å². The number of nitrogens with zero attached hydrogens (tertiary/aromatic N) is 2. The number of hydrogen-bond donors (Lipinski definition) is 1. The lowest BCUT2D eigenvalue weighted by Crippen LogP contribution is -2.33. The van der Waals surface area contributed by atoms with Gasteiger partial charge in [0.25, 0.3) is 0 Å². The normalized spacial score (nSPS) is 13.9. The highest BCUT2D eigenvalue weighted by Gasteiger charge is 2.22. The Morgan fingerprint density at radius 3 is 2.67 bits per heavy atom. The number of aromatic nitrogens is 2. The van der Waals surface area contributed by atoms with Crippen LogP contribution in [0, 0.1) is 0 Å². The number of hydrogen-bond acceptors (Lipinski definition) is 5. The van der Waals surface area contributed by atoms with Crippen LogP contribution >= 0.6 is 0 Å². The molecule has 0 aliphatic carbocycles. The molecule has 5 nitrogen and oxygen atoms in total. The average molecular weight is 289 g/mol. The van der Waals surface area contributed by atoms with Crippen molar-refractivity contribution in [2.75, 3.05) is 6.54 Å². The van der Waals surface area contributed by atoms with Crippen LogP contribution in [0.4, 0.5) is 0 Å². The number of benzene rings is 1. The van der Waals surface area contributed by atoms with E-state index in [9.17, 15) is 0 Å². The Balaban J connectivity index is 1.94. The number of nitrogens with one attached hydrogen (secondary N) is 1. The van der Waals surface area contributed by atoms with E-state index in [0.29, 0.717) is 24.4 Å². The van der Waals surface area contributed by atoms with E-state index in [2.05, 4.69) is 36.2 Å². The van der Waals surface area contributed by atoms with E-state index >= 15 is 0 Å². The highest BCUT2D eigenvalue weighted by molar-refractivity contribution is 5.20. The monoisotopic (exact) mass is 289 g/mol. The molecular weight excluding hydrogens is 266 g/mol. The van der Waals surface area contributed by atoms with Gasteiger partial charge >= 0.3 is 0 Å². The van der Waals surface area contributed by atoms with Crippen molar-refractivity contribution in [3.05, 3.63) is 42.0 Å². The summed E-state index contributed by atoms with van der Waals surface area (Å²) in [5.74, 6) is 2.23. The number of rotatable bonds is 8. The zero-order valence-corrected chi connectivity index (χ0v) is 12.9. The second-order valence-electron chi connectivity index (χ2n) is 5.01. The van der Waals surface area contributed by atoms with Crippen molar-refractivity contribution >= 4 is 0 Å². The first-order valence-corrected chi connectivity index (χ1v) is 7.48. The first kappa shape index (κ1) is 15.5. The van der Waals surface area contributed by atoms with E-state index in [4.69, 9.17) is 9.26 Å². The van der Waals surface area contributed by atoms with Gasteiger partial charge in [-0.25, -0.2) is 0 Å². The van der Waals surface area contributed by atoms with Gasteiger partial charge in [0.15, 0.2) is 6.61 Å². The largest absolute Gasteiger partial charge is 0.485 e. The van der Waals surface area contributed by atoms with E-state index in [0.717, 1.165) is 18.7 Å². The molecule has 1 aromatic carbocycles. The van der Waals surface area contributed by atoms with Gasteiger partial charge in [-0.3, -0.25) is 0 Å². The lowest BCUT2D eigenvalue weighted by Gasteiger charge is -2.20. The van der Waals surface area contributed by atoms with Crippen LogP contribution in [0.15, 0.2) is 34.9 Å². The van der Waals surface area contributed by atoms with Gasteiger partial charge in [0.05, 0.1) is 5.92 Å². The molecule has 2 unspecified atom stereocenters. The third-order valence-electron chi connectivity index (χ3n) is 3.49. The van der Waals surface area contributed by atoms with Crippen molar-refractivity contribution in [1.82, 2.24) is 15.5 Å². The topological polar surface area (TPSA) is 60.2 Å². The molecule has 0 amide bonds. The first-order chi connectivity index (χ1) is 10.2. The molecular formula is C16H23N3O2. The zero-order chi connectivity index (χ0) is 15.1. The molecule has 0 aliphatic heterocycles. The van der Waals surface area contributed by atoms with Gasteiger partial charge < -0.3 is 14.6 Å². The summed E-state index contributed by atoms with van der Waals surface area (Å²) in [7, 11) is 0. The molecule has 2 atom stereocenters. The Morgan fingerprint density at radius 2 is 2.00 bits per heavy atom. The molecule has 0 aliphatic rings. The average Bonchev–Trinajstić information content (AvgIpc) is 3.00. The van der Waals surface area contributed by atoms with Gasteiger partial charge in [0.1, 0.15) is 5.75 Å². The van der Waals surface area contributed by atoms with Crippen molar-refractivity contribution < 1.29 is 9.26 Å². The van der Waals surface area contributed by atoms with Gasteiger partial charge in [-0.15, -0.1) is 0 Å². The summed E-state index contributed by atoms with van der Waals surface area (Å²) in [6, 6.07) is 9.97. The van der Waals surface area contributed by atoms with Crippen LogP contribution in [0.2, 0.25) is 0 Å². The first-order valence-electron chi connectivity index (χ1n) is 7.48. The van der Waals surface area contributed by atoms with E-state index in [1.807, 2.05) is 30.3 Å². The van der Waals surface area contributed by atoms with Crippen LogP contribution in [0.25, 0.3) is 0 Å². The predicted molar refractivity (Wildman–Crippen MR) is 81.2 cm³/mol. The number of para-hydroxylation sites is 1. The number of ether oxygens (including phenoxy) is 1. The molecule has 2 aromatic rings. The van der Waals surface area contributed by atoms with Crippen LogP contribution in [-0.2, 0) is 6.61 Å². The lowest BCUT2D eigenvalue weighted by molar-refractivity contribution is 0.281. The Labute approximate surface area is 125 Å². The van der Waals surface area contributed by atoms with Gasteiger partial charge in [-0.05, 0) is 25.1 Å². The molecule has 0 saturated heterocycles. The summed E-state index contributed by atoms with van der Waals surface area (Å²) in [4.78, 5) is 4.43. The Morgan fingerprint density at radius 1 is 1.24 bits per heavy atom. The van der Waals surface area contributed by atoms with Gasteiger partial charge in [-0.1, -0.05) is 44.1 Å². The quantitative estimate of drug-likeness (QED) is 0.809. The van der Waals surface area contributed by atoms with Gasteiger partial charge in [-0.2, -0.15) is 4.98 Å². The highest BCUT2D eigenvalue weighted by Crippen LogP contribution is 2.20. The molecule has 1 heterocycles. The summed E-state index contributed by atoms with van der Waals surface area (Å²) in [5.41, 5.74) is 0. The molecule has 1 aromatic heterocycles. The van der Waals surface area contributed by atoms with Crippen LogP contribution in [0.5, 0.6) is 5.75 Å². The molecule has 1 N–H and O–H groups in total. The zero-order valence-electron chi connectivity index (χ0n) is 12.9. The molecule has 2 rings (SSSR count). The van der Waals surface area contributed by atoms with Gasteiger partial charge in [0, 0.05) is 6.04 Å². The molecule has 0 radical (unpaired) electrons. The van der Waals surface area contributed by atoms with Crippen LogP contribution in [0.3, 0.4) is 0 Å². The fourth-order valence-electron chi connectivity index (χ4n) is 2.28. The van der Waals surface area contributed by atoms with Crippen LogP contribution in [-0.4, -0.2) is 22.7 Å². The minimum Gasteiger partial charge on any atom is -0.485 e. The fourth-order valence-corrected chi connectivity index (χ4v) is 2.28. The summed E-state index contributed by atoms with van der Waals surface area (Å²) in [5, 5.41) is 7.43. The maximum atomic E-state index is 5.62. The Bertz CT molecular complexity index is 527. The molecule has 21 heavy (non-hydrogen) atoms. The summed E-state index contributed by atoms with van der Waals surface area (Å²) in [6.45, 7) is 7.60. The summed E-state index contributed by atoms with van der Waals surface area (Å²) in [6.07, 6.45) is 1.02. The Kier molecular flexibility index (Phi) is 5.75. The SMILES string of the molecule is CCNC(CC)C(C)c1nc(COc2ccccc2)no1. The molecule has 0 spiro atoms. The third kappa shape index (κ3) is 4.29. The van der Waals surface area contributed by atoms with E-state index in [1.54, 1.807) is 0 Å². The highest BCUT2D eigenvalue weighted by atomic mass is 16.5. The van der Waals surface area contributed by atoms with Crippen LogP contribution in [0.1, 0.15) is 44.8 Å². The lowest BCUT2D eigenvalue weighted by atomic mass is 9.99.